The molecule has 0 aliphatic carbocycles. The first-order chi connectivity index (χ1) is 17.2. The third-order valence-electron chi connectivity index (χ3n) is 5.82. The first-order valence-electron chi connectivity index (χ1n) is 10.9. The molecule has 1 amide bonds. The molecule has 188 valence electrons. The van der Waals surface area contributed by atoms with E-state index in [-0.39, 0.29) is 15.5 Å². The number of halogens is 1. The largest absolute Gasteiger partial charge is 0.495 e. The number of para-hydroxylation sites is 2. The molecule has 36 heavy (non-hydrogen) atoms. The Morgan fingerprint density at radius 1 is 1.03 bits per heavy atom. The second-order valence-corrected chi connectivity index (χ2v) is 10.3. The van der Waals surface area contributed by atoms with Gasteiger partial charge in [-0.2, -0.15) is 4.31 Å². The topological polar surface area (TPSA) is 122 Å². The summed E-state index contributed by atoms with van der Waals surface area (Å²) in [5, 5.41) is 13.9. The van der Waals surface area contributed by atoms with Crippen molar-refractivity contribution in [2.45, 2.75) is 4.90 Å². The number of carbonyl (C=O) groups excluding carboxylic acids is 1. The molecule has 12 heteroatoms. The van der Waals surface area contributed by atoms with E-state index in [1.165, 1.54) is 40.7 Å². The number of sulfonamides is 1. The first kappa shape index (κ1) is 25.4. The molecule has 4 rings (SSSR count). The summed E-state index contributed by atoms with van der Waals surface area (Å²) in [4.78, 5) is 25.3. The van der Waals surface area contributed by atoms with Crippen LogP contribution in [0.1, 0.15) is 10.4 Å². The van der Waals surface area contributed by atoms with E-state index in [0.29, 0.717) is 31.9 Å². The average Bonchev–Trinajstić information content (AvgIpc) is 2.89. The van der Waals surface area contributed by atoms with Crippen molar-refractivity contribution in [2.75, 3.05) is 43.5 Å². The minimum atomic E-state index is -3.74. The van der Waals surface area contributed by atoms with Crippen LogP contribution in [0.2, 0.25) is 5.02 Å². The van der Waals surface area contributed by atoms with Crippen LogP contribution < -0.4 is 15.0 Å². The Bertz CT molecular complexity index is 1390. The van der Waals surface area contributed by atoms with Crippen LogP contribution in [-0.4, -0.2) is 56.8 Å². The lowest BCUT2D eigenvalue weighted by Gasteiger charge is -2.35. The average molecular weight is 531 g/mol. The van der Waals surface area contributed by atoms with Crippen molar-refractivity contribution in [3.05, 3.63) is 87.4 Å². The Labute approximate surface area is 213 Å². The Morgan fingerprint density at radius 3 is 2.33 bits per heavy atom. The van der Waals surface area contributed by atoms with Gasteiger partial charge in [0.15, 0.2) is 0 Å². The predicted molar refractivity (Wildman–Crippen MR) is 136 cm³/mol. The molecular formula is C24H23ClN4O6S. The fraction of sp³-hybridized carbons (Fsp3) is 0.208. The number of hydrogen-bond acceptors (Lipinski definition) is 7. The molecule has 3 aromatic rings. The van der Waals surface area contributed by atoms with Gasteiger partial charge in [-0.05, 0) is 48.5 Å². The number of methoxy groups -OCH3 is 1. The smallest absolute Gasteiger partial charge is 0.283 e. The van der Waals surface area contributed by atoms with E-state index >= 15 is 0 Å². The molecule has 10 nitrogen and oxygen atoms in total. The van der Waals surface area contributed by atoms with E-state index in [9.17, 15) is 23.3 Å². The number of piperazine rings is 1. The molecule has 0 radical (unpaired) electrons. The SMILES string of the molecule is COc1ccccc1N1CCN(S(=O)(=O)c2ccc(NC(=O)c3ccc(Cl)cc3[N+](=O)[O-])cc2)CC1. The van der Waals surface area contributed by atoms with Gasteiger partial charge in [-0.3, -0.25) is 14.9 Å². The Hall–Kier alpha value is -3.67. The number of benzene rings is 3. The van der Waals surface area contributed by atoms with Crippen molar-refractivity contribution >= 4 is 44.6 Å². The van der Waals surface area contributed by atoms with Crippen molar-refractivity contribution in [3.63, 3.8) is 0 Å². The molecular weight excluding hydrogens is 508 g/mol. The normalized spacial score (nSPS) is 14.3. The zero-order valence-corrected chi connectivity index (χ0v) is 20.8. The van der Waals surface area contributed by atoms with Gasteiger partial charge in [-0.15, -0.1) is 0 Å². The van der Waals surface area contributed by atoms with E-state index in [4.69, 9.17) is 16.3 Å². The van der Waals surface area contributed by atoms with Gasteiger partial charge in [0.25, 0.3) is 11.6 Å². The molecule has 0 atom stereocenters. The third-order valence-corrected chi connectivity index (χ3v) is 7.96. The maximum atomic E-state index is 13.2. The highest BCUT2D eigenvalue weighted by atomic mass is 35.5. The van der Waals surface area contributed by atoms with Crippen LogP contribution in [0, 0.1) is 10.1 Å². The number of nitro benzene ring substituents is 1. The van der Waals surface area contributed by atoms with Crippen LogP contribution in [0.15, 0.2) is 71.6 Å². The van der Waals surface area contributed by atoms with Gasteiger partial charge in [-0.1, -0.05) is 23.7 Å². The lowest BCUT2D eigenvalue weighted by atomic mass is 10.1. The van der Waals surface area contributed by atoms with Crippen molar-refractivity contribution in [3.8, 4) is 5.75 Å². The summed E-state index contributed by atoms with van der Waals surface area (Å²) in [7, 11) is -2.15. The van der Waals surface area contributed by atoms with E-state index in [1.54, 1.807) is 7.11 Å². The van der Waals surface area contributed by atoms with Crippen LogP contribution in [0.3, 0.4) is 0 Å². The van der Waals surface area contributed by atoms with E-state index in [0.717, 1.165) is 17.5 Å². The molecule has 1 heterocycles. The minimum Gasteiger partial charge on any atom is -0.495 e. The molecule has 0 unspecified atom stereocenters. The molecule has 0 bridgehead atoms. The molecule has 1 fully saturated rings. The second kappa shape index (κ2) is 10.5. The quantitative estimate of drug-likeness (QED) is 0.361. The van der Waals surface area contributed by atoms with Crippen LogP contribution in [0.5, 0.6) is 5.75 Å². The number of rotatable bonds is 7. The maximum absolute atomic E-state index is 13.2. The van der Waals surface area contributed by atoms with Gasteiger partial charge >= 0.3 is 0 Å². The molecule has 1 N–H and O–H groups in total. The van der Waals surface area contributed by atoms with Crippen LogP contribution in [-0.2, 0) is 10.0 Å². The van der Waals surface area contributed by atoms with Crippen molar-refractivity contribution in [1.29, 1.82) is 0 Å². The summed E-state index contributed by atoms with van der Waals surface area (Å²) in [5.41, 5.74) is 0.628. The highest BCUT2D eigenvalue weighted by Crippen LogP contribution is 2.30. The molecule has 1 saturated heterocycles. The van der Waals surface area contributed by atoms with E-state index < -0.39 is 26.5 Å². The second-order valence-electron chi connectivity index (χ2n) is 7.96. The molecule has 0 spiro atoms. The Morgan fingerprint density at radius 2 is 1.69 bits per heavy atom. The number of carbonyl (C=O) groups is 1. The van der Waals surface area contributed by atoms with Gasteiger partial charge < -0.3 is 15.0 Å². The number of amides is 1. The first-order valence-corrected chi connectivity index (χ1v) is 12.8. The summed E-state index contributed by atoms with van der Waals surface area (Å²) in [6, 6.07) is 17.0. The van der Waals surface area contributed by atoms with Crippen LogP contribution in [0.4, 0.5) is 17.1 Å². The Kier molecular flexibility index (Phi) is 7.43. The molecule has 0 saturated carbocycles. The number of hydrogen-bond donors (Lipinski definition) is 1. The van der Waals surface area contributed by atoms with Crippen molar-refractivity contribution in [1.82, 2.24) is 4.31 Å². The van der Waals surface area contributed by atoms with Gasteiger partial charge in [0.2, 0.25) is 10.0 Å². The van der Waals surface area contributed by atoms with Gasteiger partial charge in [0.1, 0.15) is 11.3 Å². The fourth-order valence-corrected chi connectivity index (χ4v) is 5.55. The van der Waals surface area contributed by atoms with Crippen molar-refractivity contribution < 1.29 is 22.9 Å². The number of anilines is 2. The molecule has 0 aromatic heterocycles. The van der Waals surface area contributed by atoms with Gasteiger partial charge in [0.05, 0.1) is 22.6 Å². The minimum absolute atomic E-state index is 0.0868. The van der Waals surface area contributed by atoms with Crippen LogP contribution in [0.25, 0.3) is 0 Å². The van der Waals surface area contributed by atoms with E-state index in [1.807, 2.05) is 24.3 Å². The summed E-state index contributed by atoms with van der Waals surface area (Å²) in [5.74, 6) is 0.0248. The maximum Gasteiger partial charge on any atom is 0.283 e. The molecule has 1 aliphatic heterocycles. The lowest BCUT2D eigenvalue weighted by molar-refractivity contribution is -0.385. The summed E-state index contributed by atoms with van der Waals surface area (Å²) in [6.07, 6.45) is 0. The lowest BCUT2D eigenvalue weighted by Crippen LogP contribution is -2.48. The van der Waals surface area contributed by atoms with Crippen molar-refractivity contribution in [2.24, 2.45) is 0 Å². The van der Waals surface area contributed by atoms with Crippen LogP contribution >= 0.6 is 11.6 Å². The fourth-order valence-electron chi connectivity index (χ4n) is 3.97. The van der Waals surface area contributed by atoms with E-state index in [2.05, 4.69) is 10.2 Å². The number of nitro groups is 1. The number of nitrogens with zero attached hydrogens (tertiary/aromatic N) is 3. The molecule has 3 aromatic carbocycles. The predicted octanol–water partition coefficient (Wildman–Crippen LogP) is 4.02. The summed E-state index contributed by atoms with van der Waals surface area (Å²) in [6.45, 7) is 1.62. The zero-order valence-electron chi connectivity index (χ0n) is 19.3. The van der Waals surface area contributed by atoms with Gasteiger partial charge in [0, 0.05) is 43.0 Å². The monoisotopic (exact) mass is 530 g/mol. The van der Waals surface area contributed by atoms with Gasteiger partial charge in [-0.25, -0.2) is 8.42 Å². The molecule has 1 aliphatic rings. The summed E-state index contributed by atoms with van der Waals surface area (Å²) >= 11 is 5.80. The Balaban J connectivity index is 1.43. The summed E-state index contributed by atoms with van der Waals surface area (Å²) < 4.78 is 33.2. The highest BCUT2D eigenvalue weighted by Gasteiger charge is 2.29. The third kappa shape index (κ3) is 5.27. The number of nitrogens with one attached hydrogen (secondary N) is 1. The number of ether oxygens (including phenoxy) is 1. The highest BCUT2D eigenvalue weighted by molar-refractivity contribution is 7.89. The standard InChI is InChI=1S/C24H23ClN4O6S/c1-35-23-5-3-2-4-21(23)27-12-14-28(15-13-27)36(33,34)19-9-7-18(8-10-19)26-24(30)20-11-6-17(25)16-22(20)29(31)32/h2-11,16H,12-15H2,1H3,(H,26,30). The zero-order chi connectivity index (χ0) is 25.9.